The summed E-state index contributed by atoms with van der Waals surface area (Å²) in [5, 5.41) is 0. The zero-order valence-corrected chi connectivity index (χ0v) is 14.2. The molecule has 0 saturated carbocycles. The maximum atomic E-state index is 10.6. The minimum atomic E-state index is -4.30. The molecule has 0 aromatic carbocycles. The number of unbranched alkanes of at least 4 members (excludes halogenated alkanes) is 2. The summed E-state index contributed by atoms with van der Waals surface area (Å²) >= 11 is 0. The van der Waals surface area contributed by atoms with Gasteiger partial charge in [-0.25, -0.2) is 9.36 Å². The molecule has 0 aromatic rings. The van der Waals surface area contributed by atoms with Crippen molar-refractivity contribution in [1.29, 1.82) is 0 Å². The van der Waals surface area contributed by atoms with Crippen LogP contribution in [0.1, 0.15) is 59.3 Å². The van der Waals surface area contributed by atoms with Crippen molar-refractivity contribution >= 4 is 13.8 Å². The third-order valence-corrected chi connectivity index (χ3v) is 3.07. The number of phosphoric ester groups is 1. The third-order valence-electron chi connectivity index (χ3n) is 2.50. The molecule has 7 heteroatoms. The Kier molecular flexibility index (Phi) is 15.4. The van der Waals surface area contributed by atoms with Gasteiger partial charge in [0.1, 0.15) is 0 Å². The number of hydrogen-bond acceptors (Lipinski definition) is 4. The highest BCUT2D eigenvalue weighted by Gasteiger charge is 2.21. The first-order valence-corrected chi connectivity index (χ1v) is 8.86. The molecule has 0 atom stereocenters. The van der Waals surface area contributed by atoms with Crippen LogP contribution in [0.2, 0.25) is 0 Å². The molecule has 0 heterocycles. The van der Waals surface area contributed by atoms with E-state index in [2.05, 4.69) is 11.3 Å². The Morgan fingerprint density at radius 1 is 1.19 bits per heavy atom. The highest BCUT2D eigenvalue weighted by Crippen LogP contribution is 2.39. The van der Waals surface area contributed by atoms with Crippen molar-refractivity contribution in [3.8, 4) is 0 Å². The van der Waals surface area contributed by atoms with Crippen LogP contribution in [0.4, 0.5) is 0 Å². The Hall–Kier alpha value is -0.680. The van der Waals surface area contributed by atoms with Crippen molar-refractivity contribution in [3.05, 3.63) is 12.7 Å². The fourth-order valence-electron chi connectivity index (χ4n) is 1.51. The van der Waals surface area contributed by atoms with E-state index in [-0.39, 0.29) is 12.1 Å². The lowest BCUT2D eigenvalue weighted by Crippen LogP contribution is -2.11. The van der Waals surface area contributed by atoms with Crippen LogP contribution >= 0.6 is 7.82 Å². The minimum absolute atomic E-state index is 0.282. The molecule has 0 aliphatic rings. The lowest BCUT2D eigenvalue weighted by atomic mass is 10.1. The summed E-state index contributed by atoms with van der Waals surface area (Å²) in [5.74, 6) is -0.359. The average molecular weight is 324 g/mol. The lowest BCUT2D eigenvalue weighted by Gasteiger charge is -2.17. The van der Waals surface area contributed by atoms with E-state index in [0.717, 1.165) is 44.6 Å². The first-order chi connectivity index (χ1) is 9.80. The van der Waals surface area contributed by atoms with Gasteiger partial charge in [0, 0.05) is 6.08 Å². The quantitative estimate of drug-likeness (QED) is 0.362. The molecule has 0 fully saturated rings. The topological polar surface area (TPSA) is 93.1 Å². The Morgan fingerprint density at radius 3 is 1.90 bits per heavy atom. The van der Waals surface area contributed by atoms with Gasteiger partial charge in [0.25, 0.3) is 0 Å². The number of hydrogen-bond donors (Lipinski definition) is 2. The molecule has 0 aliphatic carbocycles. The van der Waals surface area contributed by atoms with Crippen molar-refractivity contribution in [2.45, 2.75) is 65.4 Å². The second kappa shape index (κ2) is 14.3. The van der Waals surface area contributed by atoms with E-state index >= 15 is 0 Å². The summed E-state index contributed by atoms with van der Waals surface area (Å²) in [7, 11) is -4.30. The normalized spacial score (nSPS) is 10.8. The SMILES string of the molecule is C=CC(=O)OCC.CCCCC(CCCC)OP(=O)(O)O. The number of esters is 1. The van der Waals surface area contributed by atoms with Crippen molar-refractivity contribution in [2.75, 3.05) is 6.61 Å². The van der Waals surface area contributed by atoms with Crippen LogP contribution in [0.3, 0.4) is 0 Å². The first-order valence-electron chi connectivity index (χ1n) is 7.33. The molecular formula is C14H29O6P. The predicted octanol–water partition coefficient (Wildman–Crippen LogP) is 3.58. The summed E-state index contributed by atoms with van der Waals surface area (Å²) in [6, 6.07) is 0. The van der Waals surface area contributed by atoms with E-state index in [1.54, 1.807) is 6.92 Å². The zero-order valence-electron chi connectivity index (χ0n) is 13.3. The molecule has 0 bridgehead atoms. The Balaban J connectivity index is 0. The summed E-state index contributed by atoms with van der Waals surface area (Å²) in [5.41, 5.74) is 0. The van der Waals surface area contributed by atoms with Crippen LogP contribution in [0.15, 0.2) is 12.7 Å². The molecule has 21 heavy (non-hydrogen) atoms. The van der Waals surface area contributed by atoms with Crippen molar-refractivity contribution < 1.29 is 28.4 Å². The van der Waals surface area contributed by atoms with Gasteiger partial charge in [-0.3, -0.25) is 4.52 Å². The van der Waals surface area contributed by atoms with Gasteiger partial charge >= 0.3 is 13.8 Å². The van der Waals surface area contributed by atoms with E-state index in [9.17, 15) is 9.36 Å². The molecule has 0 amide bonds. The molecule has 0 aliphatic heterocycles. The first kappa shape index (κ1) is 22.6. The van der Waals surface area contributed by atoms with E-state index in [1.807, 2.05) is 13.8 Å². The van der Waals surface area contributed by atoms with Crippen molar-refractivity contribution in [1.82, 2.24) is 0 Å². The van der Waals surface area contributed by atoms with Crippen LogP contribution in [0.25, 0.3) is 0 Å². The number of ether oxygens (including phenoxy) is 1. The Bertz CT molecular complexity index is 305. The fraction of sp³-hybridized carbons (Fsp3) is 0.786. The predicted molar refractivity (Wildman–Crippen MR) is 82.8 cm³/mol. The van der Waals surface area contributed by atoms with Gasteiger partial charge in [0.05, 0.1) is 12.7 Å². The van der Waals surface area contributed by atoms with E-state index in [4.69, 9.17) is 14.3 Å². The summed E-state index contributed by atoms with van der Waals surface area (Å²) < 4.78 is 19.8. The van der Waals surface area contributed by atoms with Gasteiger partial charge in [-0.05, 0) is 19.8 Å². The molecule has 126 valence electrons. The number of rotatable bonds is 10. The van der Waals surface area contributed by atoms with E-state index in [0.29, 0.717) is 6.61 Å². The summed E-state index contributed by atoms with van der Waals surface area (Å²) in [4.78, 5) is 27.4. The average Bonchev–Trinajstić information content (AvgIpc) is 2.41. The molecule has 0 rings (SSSR count). The van der Waals surface area contributed by atoms with Gasteiger partial charge in [0.2, 0.25) is 0 Å². The lowest BCUT2D eigenvalue weighted by molar-refractivity contribution is -0.137. The Labute approximate surface area is 127 Å². The largest absolute Gasteiger partial charge is 0.469 e. The Morgan fingerprint density at radius 2 is 1.67 bits per heavy atom. The second-order valence-corrected chi connectivity index (χ2v) is 5.65. The van der Waals surface area contributed by atoms with Gasteiger partial charge in [-0.15, -0.1) is 0 Å². The number of carbonyl (C=O) groups excluding carboxylic acids is 1. The number of carbonyl (C=O) groups is 1. The maximum absolute atomic E-state index is 10.6. The maximum Gasteiger partial charge on any atom is 0.469 e. The van der Waals surface area contributed by atoms with Gasteiger partial charge in [-0.1, -0.05) is 46.1 Å². The molecule has 0 aromatic heterocycles. The van der Waals surface area contributed by atoms with E-state index < -0.39 is 7.82 Å². The molecule has 0 spiro atoms. The summed E-state index contributed by atoms with van der Waals surface area (Å²) in [6.45, 7) is 9.48. The standard InChI is InChI=1S/C9H21O4P.C5H8O2/c1-3-5-7-9(8-6-4-2)13-14(10,11)12;1-3-5(6)7-4-2/h9H,3-8H2,1-2H3,(H2,10,11,12);3H,1,4H2,2H3. The van der Waals surface area contributed by atoms with Crippen molar-refractivity contribution in [3.63, 3.8) is 0 Å². The summed E-state index contributed by atoms with van der Waals surface area (Å²) in [6.07, 6.45) is 6.28. The highest BCUT2D eigenvalue weighted by molar-refractivity contribution is 7.46. The third kappa shape index (κ3) is 19.3. The van der Waals surface area contributed by atoms with Crippen LogP contribution in [0, 0.1) is 0 Å². The van der Waals surface area contributed by atoms with Crippen LogP contribution < -0.4 is 0 Å². The highest BCUT2D eigenvalue weighted by atomic mass is 31.2. The number of phosphoric acid groups is 1. The minimum Gasteiger partial charge on any atom is -0.463 e. The van der Waals surface area contributed by atoms with Gasteiger partial charge < -0.3 is 14.5 Å². The van der Waals surface area contributed by atoms with Crippen LogP contribution in [-0.2, 0) is 18.6 Å². The second-order valence-electron chi connectivity index (χ2n) is 4.46. The smallest absolute Gasteiger partial charge is 0.463 e. The fourth-order valence-corrected chi connectivity index (χ4v) is 2.11. The van der Waals surface area contributed by atoms with Gasteiger partial charge in [0.15, 0.2) is 0 Å². The van der Waals surface area contributed by atoms with Crippen LogP contribution in [-0.4, -0.2) is 28.5 Å². The molecule has 6 nitrogen and oxygen atoms in total. The molecular weight excluding hydrogens is 295 g/mol. The van der Waals surface area contributed by atoms with Crippen molar-refractivity contribution in [2.24, 2.45) is 0 Å². The van der Waals surface area contributed by atoms with E-state index in [1.165, 1.54) is 0 Å². The van der Waals surface area contributed by atoms with Gasteiger partial charge in [-0.2, -0.15) is 0 Å². The monoisotopic (exact) mass is 324 g/mol. The zero-order chi connectivity index (χ0) is 16.7. The molecule has 2 N–H and O–H groups in total. The molecule has 0 radical (unpaired) electrons. The van der Waals surface area contributed by atoms with Crippen LogP contribution in [0.5, 0.6) is 0 Å². The molecule has 0 saturated heterocycles. The molecule has 0 unspecified atom stereocenters.